The fourth-order valence-electron chi connectivity index (χ4n) is 2.75. The first kappa shape index (κ1) is 14.2. The first-order valence-electron chi connectivity index (χ1n) is 6.92. The molecule has 0 bridgehead atoms. The minimum atomic E-state index is -0.864. The van der Waals surface area contributed by atoms with E-state index >= 15 is 0 Å². The number of benzene rings is 1. The molecule has 0 spiro atoms. The van der Waals surface area contributed by atoms with E-state index in [1.165, 1.54) is 11.0 Å². The summed E-state index contributed by atoms with van der Waals surface area (Å²) in [5, 5.41) is 20.1. The number of amides is 1. The van der Waals surface area contributed by atoms with Gasteiger partial charge in [-0.1, -0.05) is 19.1 Å². The Hall–Kier alpha value is -2.77. The number of para-hydroxylation sites is 1. The molecule has 0 radical (unpaired) electrons. The van der Waals surface area contributed by atoms with E-state index in [9.17, 15) is 14.7 Å². The molecular weight excluding hydrogens is 286 g/mol. The lowest BCUT2D eigenvalue weighted by Crippen LogP contribution is -2.30. The largest absolute Gasteiger partial charge is 0.481 e. The molecule has 8 nitrogen and oxygen atoms in total. The van der Waals surface area contributed by atoms with E-state index in [4.69, 9.17) is 0 Å². The van der Waals surface area contributed by atoms with E-state index in [1.807, 2.05) is 6.92 Å². The zero-order valence-corrected chi connectivity index (χ0v) is 12.0. The number of tetrazole rings is 1. The topological polar surface area (TPSA) is 101 Å². The van der Waals surface area contributed by atoms with E-state index in [-0.39, 0.29) is 18.4 Å². The van der Waals surface area contributed by atoms with Crippen LogP contribution in [0.3, 0.4) is 0 Å². The van der Waals surface area contributed by atoms with E-state index in [2.05, 4.69) is 15.5 Å². The number of hydrogen-bond donors (Lipinski definition) is 1. The van der Waals surface area contributed by atoms with E-state index in [1.54, 1.807) is 29.2 Å². The van der Waals surface area contributed by atoms with Crippen molar-refractivity contribution < 1.29 is 14.7 Å². The second-order valence-corrected chi connectivity index (χ2v) is 5.40. The number of carboxylic acids is 1. The first-order chi connectivity index (χ1) is 10.6. The number of carbonyl (C=O) groups excluding carboxylic acids is 1. The van der Waals surface area contributed by atoms with Crippen LogP contribution in [0.15, 0.2) is 30.6 Å². The van der Waals surface area contributed by atoms with Crippen molar-refractivity contribution in [1.29, 1.82) is 0 Å². The summed E-state index contributed by atoms with van der Waals surface area (Å²) >= 11 is 0. The van der Waals surface area contributed by atoms with Gasteiger partial charge in [0.25, 0.3) is 5.91 Å². The average Bonchev–Trinajstić information content (AvgIpc) is 3.15. The highest BCUT2D eigenvalue weighted by Gasteiger charge is 2.37. The first-order valence-corrected chi connectivity index (χ1v) is 6.92. The summed E-state index contributed by atoms with van der Waals surface area (Å²) in [6.45, 7) is 2.50. The molecule has 22 heavy (non-hydrogen) atoms. The summed E-state index contributed by atoms with van der Waals surface area (Å²) in [7, 11) is 0. The quantitative estimate of drug-likeness (QED) is 0.883. The number of likely N-dealkylation sites (tertiary alicyclic amines) is 1. The van der Waals surface area contributed by atoms with Crippen LogP contribution in [0.5, 0.6) is 0 Å². The van der Waals surface area contributed by atoms with Gasteiger partial charge in [-0.2, -0.15) is 4.68 Å². The molecule has 2 heterocycles. The maximum Gasteiger partial charge on any atom is 0.308 e. The third kappa shape index (κ3) is 2.43. The number of aliphatic carboxylic acids is 1. The van der Waals surface area contributed by atoms with Crippen LogP contribution in [0.1, 0.15) is 17.3 Å². The van der Waals surface area contributed by atoms with E-state index in [0.717, 1.165) is 0 Å². The number of aromatic nitrogens is 4. The van der Waals surface area contributed by atoms with Gasteiger partial charge in [-0.25, -0.2) is 0 Å². The van der Waals surface area contributed by atoms with Crippen molar-refractivity contribution in [2.75, 3.05) is 13.1 Å². The molecule has 1 aromatic heterocycles. The summed E-state index contributed by atoms with van der Waals surface area (Å²) in [5.41, 5.74) is 1.02. The molecule has 114 valence electrons. The van der Waals surface area contributed by atoms with E-state index in [0.29, 0.717) is 17.8 Å². The molecule has 2 atom stereocenters. The monoisotopic (exact) mass is 301 g/mol. The summed E-state index contributed by atoms with van der Waals surface area (Å²) < 4.78 is 1.42. The summed E-state index contributed by atoms with van der Waals surface area (Å²) in [5.74, 6) is -1.66. The van der Waals surface area contributed by atoms with Gasteiger partial charge in [0.2, 0.25) is 0 Å². The van der Waals surface area contributed by atoms with Crippen molar-refractivity contribution >= 4 is 11.9 Å². The molecule has 0 unspecified atom stereocenters. The van der Waals surface area contributed by atoms with Crippen LogP contribution in [-0.2, 0) is 4.79 Å². The van der Waals surface area contributed by atoms with Crippen LogP contribution >= 0.6 is 0 Å². The van der Waals surface area contributed by atoms with Gasteiger partial charge in [-0.3, -0.25) is 9.59 Å². The molecule has 1 aliphatic heterocycles. The molecule has 1 fully saturated rings. The molecule has 0 saturated carbocycles. The van der Waals surface area contributed by atoms with Gasteiger partial charge in [0.15, 0.2) is 0 Å². The van der Waals surface area contributed by atoms with Crippen molar-refractivity contribution in [3.63, 3.8) is 0 Å². The number of hydrogen-bond acceptors (Lipinski definition) is 5. The zero-order valence-electron chi connectivity index (χ0n) is 12.0. The van der Waals surface area contributed by atoms with Gasteiger partial charge in [0.1, 0.15) is 6.33 Å². The van der Waals surface area contributed by atoms with Gasteiger partial charge in [0, 0.05) is 13.1 Å². The standard InChI is InChI=1S/C14H15N5O3/c1-9-6-18(7-11(9)14(21)22)13(20)10-4-2-3-5-12(10)19-8-15-16-17-19/h2-5,8-9,11H,6-7H2,1H3,(H,21,22)/t9-,11-/m1/s1. The smallest absolute Gasteiger partial charge is 0.308 e. The number of carbonyl (C=O) groups is 2. The number of nitrogens with zero attached hydrogens (tertiary/aromatic N) is 5. The van der Waals surface area contributed by atoms with Gasteiger partial charge >= 0.3 is 5.97 Å². The predicted octanol–water partition coefficient (Wildman–Crippen LogP) is 0.455. The SMILES string of the molecule is C[C@@H]1CN(C(=O)c2ccccc2-n2cnnn2)C[C@H]1C(=O)O. The van der Waals surface area contributed by atoms with Crippen LogP contribution in [0, 0.1) is 11.8 Å². The fourth-order valence-corrected chi connectivity index (χ4v) is 2.75. The number of rotatable bonds is 3. The molecule has 1 N–H and O–H groups in total. The molecular formula is C14H15N5O3. The van der Waals surface area contributed by atoms with Gasteiger partial charge in [-0.05, 0) is 28.5 Å². The van der Waals surface area contributed by atoms with Crippen LogP contribution < -0.4 is 0 Å². The molecule has 2 aromatic rings. The molecule has 1 aliphatic rings. The lowest BCUT2D eigenvalue weighted by atomic mass is 9.99. The highest BCUT2D eigenvalue weighted by atomic mass is 16.4. The molecule has 0 aliphatic carbocycles. The lowest BCUT2D eigenvalue weighted by Gasteiger charge is -2.17. The Morgan fingerprint density at radius 3 is 2.68 bits per heavy atom. The Balaban J connectivity index is 1.90. The zero-order chi connectivity index (χ0) is 15.7. The lowest BCUT2D eigenvalue weighted by molar-refractivity contribution is -0.142. The van der Waals surface area contributed by atoms with Crippen molar-refractivity contribution in [2.24, 2.45) is 11.8 Å². The molecule has 1 amide bonds. The Bertz CT molecular complexity index is 700. The highest BCUT2D eigenvalue weighted by molar-refractivity contribution is 5.98. The van der Waals surface area contributed by atoms with Crippen molar-refractivity contribution in [3.8, 4) is 5.69 Å². The second kappa shape index (κ2) is 5.55. The molecule has 8 heteroatoms. The van der Waals surface area contributed by atoms with Gasteiger partial charge in [-0.15, -0.1) is 5.10 Å². The maximum absolute atomic E-state index is 12.7. The van der Waals surface area contributed by atoms with Gasteiger partial charge < -0.3 is 10.0 Å². The van der Waals surface area contributed by atoms with Crippen molar-refractivity contribution in [1.82, 2.24) is 25.1 Å². The average molecular weight is 301 g/mol. The summed E-state index contributed by atoms with van der Waals surface area (Å²) in [6.07, 6.45) is 1.42. The molecule has 1 saturated heterocycles. The minimum Gasteiger partial charge on any atom is -0.481 e. The van der Waals surface area contributed by atoms with Gasteiger partial charge in [0.05, 0.1) is 17.2 Å². The third-order valence-corrected chi connectivity index (χ3v) is 3.95. The van der Waals surface area contributed by atoms with Crippen LogP contribution in [-0.4, -0.2) is 55.2 Å². The van der Waals surface area contributed by atoms with E-state index < -0.39 is 11.9 Å². The summed E-state index contributed by atoms with van der Waals surface area (Å²) in [4.78, 5) is 25.5. The highest BCUT2D eigenvalue weighted by Crippen LogP contribution is 2.26. The Kier molecular flexibility index (Phi) is 3.58. The second-order valence-electron chi connectivity index (χ2n) is 5.40. The maximum atomic E-state index is 12.7. The Labute approximate surface area is 126 Å². The van der Waals surface area contributed by atoms with Crippen LogP contribution in [0.4, 0.5) is 0 Å². The Morgan fingerprint density at radius 1 is 1.27 bits per heavy atom. The summed E-state index contributed by atoms with van der Waals surface area (Å²) in [6, 6.07) is 6.99. The van der Waals surface area contributed by atoms with Crippen molar-refractivity contribution in [2.45, 2.75) is 6.92 Å². The molecule has 1 aromatic carbocycles. The normalized spacial score (nSPS) is 21.0. The Morgan fingerprint density at radius 2 is 2.05 bits per heavy atom. The predicted molar refractivity (Wildman–Crippen MR) is 75.3 cm³/mol. The number of carboxylic acid groups (broad SMARTS) is 1. The van der Waals surface area contributed by atoms with Crippen LogP contribution in [0.25, 0.3) is 5.69 Å². The van der Waals surface area contributed by atoms with Crippen molar-refractivity contribution in [3.05, 3.63) is 36.2 Å². The fraction of sp³-hybridized carbons (Fsp3) is 0.357. The third-order valence-electron chi connectivity index (χ3n) is 3.95. The minimum absolute atomic E-state index is 0.0679. The van der Waals surface area contributed by atoms with Crippen LogP contribution in [0.2, 0.25) is 0 Å². The molecule has 3 rings (SSSR count).